The molecule has 8 heteroatoms. The van der Waals surface area contributed by atoms with E-state index in [9.17, 15) is 25.1 Å². The third kappa shape index (κ3) is 5.52. The van der Waals surface area contributed by atoms with Crippen molar-refractivity contribution >= 4 is 11.7 Å². The second-order valence-corrected chi connectivity index (χ2v) is 17.7. The van der Waals surface area contributed by atoms with Crippen LogP contribution in [0, 0.1) is 55.4 Å². The lowest BCUT2D eigenvalue weighted by Crippen LogP contribution is -2.66. The smallest absolute Gasteiger partial charge is 0.345 e. The van der Waals surface area contributed by atoms with Gasteiger partial charge in [-0.25, -0.2) is 4.79 Å². The highest BCUT2D eigenvalue weighted by Gasteiger charge is 2.71. The van der Waals surface area contributed by atoms with E-state index < -0.39 is 22.6 Å². The van der Waals surface area contributed by atoms with Gasteiger partial charge in [-0.05, 0) is 131 Å². The van der Waals surface area contributed by atoms with E-state index in [1.807, 2.05) is 6.92 Å². The highest BCUT2D eigenvalue weighted by atomic mass is 16.6. The lowest BCUT2D eigenvalue weighted by atomic mass is 9.35. The number of hydrogen-bond donors (Lipinski definition) is 2. The van der Waals surface area contributed by atoms with Crippen molar-refractivity contribution in [1.29, 1.82) is 0 Å². The number of aliphatic hydroxyl groups is 2. The Morgan fingerprint density at radius 3 is 2.28 bits per heavy atom. The monoisotopic (exact) mass is 641 g/mol. The quantitative estimate of drug-likeness (QED) is 0.159. The van der Waals surface area contributed by atoms with Gasteiger partial charge in [0.05, 0.1) is 22.2 Å². The topological polar surface area (TPSA) is 119 Å². The molecular formula is C38H59NO7. The van der Waals surface area contributed by atoms with Gasteiger partial charge in [0, 0.05) is 18.6 Å². The first-order valence-corrected chi connectivity index (χ1v) is 17.7. The zero-order valence-electron chi connectivity index (χ0n) is 29.7. The summed E-state index contributed by atoms with van der Waals surface area (Å²) in [5.41, 5.74) is -1.78. The fourth-order valence-electron chi connectivity index (χ4n) is 11.8. The Morgan fingerprint density at radius 2 is 1.63 bits per heavy atom. The Kier molecular flexibility index (Phi) is 9.08. The van der Waals surface area contributed by atoms with Gasteiger partial charge in [-0.15, -0.1) is 0 Å². The number of rotatable bonds is 9. The van der Waals surface area contributed by atoms with Crippen LogP contribution in [-0.4, -0.2) is 51.6 Å². The molecule has 1 aromatic rings. The molecule has 10 atom stereocenters. The van der Waals surface area contributed by atoms with Crippen molar-refractivity contribution in [2.45, 2.75) is 143 Å². The van der Waals surface area contributed by atoms with E-state index in [1.165, 1.54) is 12.1 Å². The van der Waals surface area contributed by atoms with Gasteiger partial charge < -0.3 is 19.7 Å². The molecule has 2 N–H and O–H groups in total. The first-order chi connectivity index (χ1) is 21.2. The summed E-state index contributed by atoms with van der Waals surface area (Å²) < 4.78 is 11.8. The Labute approximate surface area is 276 Å². The molecule has 46 heavy (non-hydrogen) atoms. The number of esters is 1. The number of methoxy groups -OCH3 is 1. The number of nitro benzene ring substituents is 1. The summed E-state index contributed by atoms with van der Waals surface area (Å²) in [4.78, 5) is 24.4. The first kappa shape index (κ1) is 35.3. The van der Waals surface area contributed by atoms with E-state index in [-0.39, 0.29) is 62.4 Å². The summed E-state index contributed by atoms with van der Waals surface area (Å²) >= 11 is 0. The summed E-state index contributed by atoms with van der Waals surface area (Å²) in [6.07, 6.45) is 7.87. The van der Waals surface area contributed by atoms with Crippen molar-refractivity contribution in [3.8, 4) is 0 Å². The molecule has 0 radical (unpaired) electrons. The van der Waals surface area contributed by atoms with Crippen LogP contribution in [0.2, 0.25) is 0 Å². The van der Waals surface area contributed by atoms with E-state index in [1.54, 1.807) is 19.2 Å². The number of nitrogens with zero attached hydrogens (tertiary/aromatic N) is 1. The highest BCUT2D eigenvalue weighted by molar-refractivity contribution is 5.94. The van der Waals surface area contributed by atoms with Crippen LogP contribution in [0.5, 0.6) is 0 Å². The van der Waals surface area contributed by atoms with Gasteiger partial charge in [-0.2, -0.15) is 0 Å². The van der Waals surface area contributed by atoms with Crippen LogP contribution in [0.3, 0.4) is 0 Å². The van der Waals surface area contributed by atoms with Gasteiger partial charge in [0.1, 0.15) is 11.7 Å². The van der Waals surface area contributed by atoms with Crippen molar-refractivity contribution in [2.24, 2.45) is 45.3 Å². The molecule has 0 bridgehead atoms. The number of fused-ring (bicyclic) bond motifs is 5. The molecule has 4 fully saturated rings. The number of carbonyl (C=O) groups excluding carboxylic acids is 1. The highest BCUT2D eigenvalue weighted by Crippen LogP contribution is 2.76. The number of nitro groups is 1. The largest absolute Gasteiger partial charge is 0.458 e. The van der Waals surface area contributed by atoms with Gasteiger partial charge >= 0.3 is 5.97 Å². The van der Waals surface area contributed by atoms with Crippen molar-refractivity contribution < 1.29 is 29.4 Å². The molecule has 4 saturated carbocycles. The van der Waals surface area contributed by atoms with Crippen molar-refractivity contribution in [1.82, 2.24) is 0 Å². The molecule has 0 unspecified atom stereocenters. The predicted molar refractivity (Wildman–Crippen MR) is 178 cm³/mol. The second-order valence-electron chi connectivity index (χ2n) is 17.7. The molecule has 0 spiro atoms. The molecule has 1 aromatic carbocycles. The molecule has 0 aromatic heterocycles. The van der Waals surface area contributed by atoms with E-state index in [0.29, 0.717) is 18.8 Å². The lowest BCUT2D eigenvalue weighted by Gasteiger charge is -2.70. The van der Waals surface area contributed by atoms with Crippen LogP contribution < -0.4 is 0 Å². The summed E-state index contributed by atoms with van der Waals surface area (Å²) in [6, 6.07) is 6.01. The van der Waals surface area contributed by atoms with Crippen LogP contribution in [0.25, 0.3) is 0 Å². The number of carbonyl (C=O) groups is 1. The summed E-state index contributed by atoms with van der Waals surface area (Å²) in [5, 5.41) is 35.6. The van der Waals surface area contributed by atoms with E-state index >= 15 is 0 Å². The number of benzene rings is 1. The van der Waals surface area contributed by atoms with Crippen LogP contribution in [-0.2, 0) is 9.47 Å². The molecule has 8 nitrogen and oxygen atoms in total. The zero-order valence-corrected chi connectivity index (χ0v) is 29.7. The molecule has 258 valence electrons. The Morgan fingerprint density at radius 1 is 0.978 bits per heavy atom. The van der Waals surface area contributed by atoms with Gasteiger partial charge in [-0.3, -0.25) is 10.1 Å². The molecule has 5 rings (SSSR count). The maximum Gasteiger partial charge on any atom is 0.345 e. The third-order valence-corrected chi connectivity index (χ3v) is 14.7. The summed E-state index contributed by atoms with van der Waals surface area (Å²) in [6.45, 7) is 17.9. The summed E-state index contributed by atoms with van der Waals surface area (Å²) in [7, 11) is 1.74. The maximum absolute atomic E-state index is 13.3. The number of aliphatic hydroxyl groups excluding tert-OH is 1. The molecule has 0 saturated heterocycles. The fourth-order valence-corrected chi connectivity index (χ4v) is 11.8. The first-order valence-electron chi connectivity index (χ1n) is 17.7. The minimum Gasteiger partial charge on any atom is -0.458 e. The molecular weight excluding hydrogens is 582 g/mol. The minimum atomic E-state index is -0.852. The Balaban J connectivity index is 1.36. The van der Waals surface area contributed by atoms with Gasteiger partial charge in [0.2, 0.25) is 0 Å². The zero-order chi connectivity index (χ0) is 34.1. The molecule has 0 heterocycles. The van der Waals surface area contributed by atoms with Crippen molar-refractivity contribution in [3.63, 3.8) is 0 Å². The number of para-hydroxylation sites is 1. The normalized spacial score (nSPS) is 39.8. The third-order valence-electron chi connectivity index (χ3n) is 14.7. The van der Waals surface area contributed by atoms with Crippen molar-refractivity contribution in [3.05, 3.63) is 39.9 Å². The average molecular weight is 642 g/mol. The predicted octanol–water partition coefficient (Wildman–Crippen LogP) is 8.12. The minimum absolute atomic E-state index is 0.00342. The number of hydrogen-bond acceptors (Lipinski definition) is 7. The van der Waals surface area contributed by atoms with Crippen LogP contribution in [0.1, 0.15) is 130 Å². The molecule has 0 aliphatic heterocycles. The van der Waals surface area contributed by atoms with Crippen molar-refractivity contribution in [2.75, 3.05) is 7.11 Å². The average Bonchev–Trinajstić information content (AvgIpc) is 3.36. The fraction of sp³-hybridized carbons (Fsp3) is 0.816. The standard InChI is InChI=1S/C38H59NO7/c1-33(2,45-9)18-12-19-38(8,42)25-15-21-37(7)31(25)27(40)23-29-35(5)20-17-30(34(3,4)28(35)16-22-36(29,37)6)46-32(41)24-13-10-11-14-26(24)39(43)44/h10-11,13-14,25,27-31,40,42H,12,15-23H2,1-9H3/t25-,27+,28-,29+,30-,31-,35-,36+,37+,38+/m0/s1. The van der Waals surface area contributed by atoms with Gasteiger partial charge in [0.15, 0.2) is 0 Å². The van der Waals surface area contributed by atoms with Crippen LogP contribution >= 0.6 is 0 Å². The SMILES string of the molecule is COC(C)(C)CCC[C@@](C)(O)[C@H]1CC[C@]2(C)[C@@H]1[C@H](O)C[C@@H]1[C@@]3(C)CC[C@H](OC(=O)c4ccccc4[N+](=O)[O-])C(C)(C)[C@@H]3CC[C@]12C. The van der Waals surface area contributed by atoms with E-state index in [2.05, 4.69) is 48.5 Å². The summed E-state index contributed by atoms with van der Waals surface area (Å²) in [5.74, 6) is 0.0359. The van der Waals surface area contributed by atoms with E-state index in [0.717, 1.165) is 51.4 Å². The Hall–Kier alpha value is -2.03. The lowest BCUT2D eigenvalue weighted by molar-refractivity contribution is -0.385. The van der Waals surface area contributed by atoms with Crippen LogP contribution in [0.4, 0.5) is 5.69 Å². The molecule has 0 amide bonds. The molecule has 4 aliphatic rings. The maximum atomic E-state index is 13.3. The second kappa shape index (κ2) is 11.8. The van der Waals surface area contributed by atoms with Crippen LogP contribution in [0.15, 0.2) is 24.3 Å². The number of ether oxygens (including phenoxy) is 2. The van der Waals surface area contributed by atoms with E-state index in [4.69, 9.17) is 9.47 Å². The molecule has 4 aliphatic carbocycles. The van der Waals surface area contributed by atoms with Gasteiger partial charge in [-0.1, -0.05) is 46.8 Å². The Bertz CT molecular complexity index is 1320. The van der Waals surface area contributed by atoms with Gasteiger partial charge in [0.25, 0.3) is 5.69 Å².